The molecule has 0 aliphatic heterocycles. The molecule has 0 aliphatic rings. The molecule has 0 saturated heterocycles. The van der Waals surface area contributed by atoms with Crippen LogP contribution in [0, 0.1) is 6.92 Å². The molecule has 2 rings (SSSR count). The molecule has 1 aromatic heterocycles. The zero-order chi connectivity index (χ0) is 13.8. The lowest BCUT2D eigenvalue weighted by molar-refractivity contribution is 0.247. The van der Waals surface area contributed by atoms with Crippen LogP contribution in [0.15, 0.2) is 23.4 Å². The van der Waals surface area contributed by atoms with Gasteiger partial charge < -0.3 is 15.4 Å². The molecule has 1 aromatic carbocycles. The minimum absolute atomic E-state index is 0.0972. The van der Waals surface area contributed by atoms with Crippen molar-refractivity contribution >= 4 is 22.8 Å². The maximum atomic E-state index is 9.32. The van der Waals surface area contributed by atoms with E-state index >= 15 is 0 Å². The van der Waals surface area contributed by atoms with E-state index in [0.29, 0.717) is 6.04 Å². The molecule has 1 atom stereocenters. The van der Waals surface area contributed by atoms with Crippen LogP contribution in [0.25, 0.3) is 11.0 Å². The molecule has 0 saturated carbocycles. The number of hydrogen-bond acceptors (Lipinski definition) is 4. The molecule has 2 aromatic rings. The van der Waals surface area contributed by atoms with Crippen LogP contribution in [0.5, 0.6) is 0 Å². The van der Waals surface area contributed by atoms with Crippen LogP contribution in [0.4, 0.5) is 0 Å². The lowest BCUT2D eigenvalue weighted by Gasteiger charge is -2.17. The Hall–Kier alpha value is -1.04. The number of rotatable bonds is 6. The summed E-state index contributed by atoms with van der Waals surface area (Å²) in [4.78, 5) is 7.85. The van der Waals surface area contributed by atoms with Crippen LogP contribution in [0.3, 0.4) is 0 Å². The Morgan fingerprint density at radius 1 is 1.42 bits per heavy atom. The summed E-state index contributed by atoms with van der Waals surface area (Å²) >= 11 is 1.64. The van der Waals surface area contributed by atoms with Crippen molar-refractivity contribution in [1.82, 2.24) is 15.3 Å². The minimum Gasteiger partial charge on any atom is -0.395 e. The zero-order valence-electron chi connectivity index (χ0n) is 11.6. The molecule has 19 heavy (non-hydrogen) atoms. The number of thioether (sulfide) groups is 1. The van der Waals surface area contributed by atoms with Crippen LogP contribution < -0.4 is 5.32 Å². The molecule has 0 aliphatic carbocycles. The molecule has 0 radical (unpaired) electrons. The Labute approximate surface area is 118 Å². The predicted octanol–water partition coefficient (Wildman–Crippen LogP) is 2.32. The molecule has 0 spiro atoms. The number of fused-ring (bicyclic) bond motifs is 1. The first kappa shape index (κ1) is 14.4. The third kappa shape index (κ3) is 3.96. The van der Waals surface area contributed by atoms with Gasteiger partial charge in [-0.25, -0.2) is 4.98 Å². The number of aromatic nitrogens is 2. The third-order valence-electron chi connectivity index (χ3n) is 2.83. The van der Waals surface area contributed by atoms with Crippen LogP contribution >= 0.6 is 11.8 Å². The summed E-state index contributed by atoms with van der Waals surface area (Å²) in [6.07, 6.45) is 0. The smallest absolute Gasteiger partial charge is 0.166 e. The fourth-order valence-electron chi connectivity index (χ4n) is 1.97. The normalized spacial score (nSPS) is 13.3. The van der Waals surface area contributed by atoms with Crippen LogP contribution in [0.2, 0.25) is 0 Å². The van der Waals surface area contributed by atoms with Gasteiger partial charge in [0.15, 0.2) is 5.16 Å². The van der Waals surface area contributed by atoms with Gasteiger partial charge in [0.05, 0.1) is 17.6 Å². The average Bonchev–Trinajstić information content (AvgIpc) is 2.75. The number of nitrogens with zero attached hydrogens (tertiary/aromatic N) is 1. The van der Waals surface area contributed by atoms with Gasteiger partial charge >= 0.3 is 0 Å². The first-order chi connectivity index (χ1) is 9.08. The second-order valence-corrected chi connectivity index (χ2v) is 6.08. The molecule has 1 heterocycles. The van der Waals surface area contributed by atoms with Gasteiger partial charge in [-0.2, -0.15) is 0 Å². The summed E-state index contributed by atoms with van der Waals surface area (Å²) in [6, 6.07) is 6.66. The van der Waals surface area contributed by atoms with Gasteiger partial charge in [0.2, 0.25) is 0 Å². The average molecular weight is 279 g/mol. The second kappa shape index (κ2) is 6.41. The second-order valence-electron chi connectivity index (χ2n) is 5.07. The molecular formula is C14H21N3OS. The number of nitrogens with one attached hydrogen (secondary N) is 2. The molecule has 0 fully saturated rings. The summed E-state index contributed by atoms with van der Waals surface area (Å²) in [6.45, 7) is 6.38. The van der Waals surface area contributed by atoms with Gasteiger partial charge in [-0.05, 0) is 24.6 Å². The molecule has 3 N–H and O–H groups in total. The molecular weight excluding hydrogens is 258 g/mol. The summed E-state index contributed by atoms with van der Waals surface area (Å²) in [5.74, 6) is 0.799. The standard InChI is InChI=1S/C14H21N3OS/c1-9(2)15-11(7-18)8-19-14-16-12-5-4-10(3)6-13(12)17-14/h4-6,9,11,15,18H,7-8H2,1-3H3,(H,16,17). The number of hydrogen-bond donors (Lipinski definition) is 3. The summed E-state index contributed by atoms with van der Waals surface area (Å²) in [7, 11) is 0. The first-order valence-electron chi connectivity index (χ1n) is 6.54. The van der Waals surface area contributed by atoms with Gasteiger partial charge in [0.1, 0.15) is 0 Å². The van der Waals surface area contributed by atoms with Crippen molar-refractivity contribution in [2.75, 3.05) is 12.4 Å². The molecule has 1 unspecified atom stereocenters. The Kier molecular flexibility index (Phi) is 4.85. The number of aromatic amines is 1. The highest BCUT2D eigenvalue weighted by atomic mass is 32.2. The number of benzene rings is 1. The van der Waals surface area contributed by atoms with E-state index in [0.717, 1.165) is 21.9 Å². The maximum Gasteiger partial charge on any atom is 0.166 e. The van der Waals surface area contributed by atoms with Gasteiger partial charge in [-0.3, -0.25) is 0 Å². The number of imidazole rings is 1. The topological polar surface area (TPSA) is 60.9 Å². The highest BCUT2D eigenvalue weighted by Crippen LogP contribution is 2.20. The van der Waals surface area contributed by atoms with Gasteiger partial charge in [0.25, 0.3) is 0 Å². The Morgan fingerprint density at radius 2 is 2.21 bits per heavy atom. The van der Waals surface area contributed by atoms with E-state index in [-0.39, 0.29) is 12.6 Å². The highest BCUT2D eigenvalue weighted by molar-refractivity contribution is 7.99. The van der Waals surface area contributed by atoms with Crippen LogP contribution in [0.1, 0.15) is 19.4 Å². The van der Waals surface area contributed by atoms with Crippen LogP contribution in [-0.4, -0.2) is 39.5 Å². The summed E-state index contributed by atoms with van der Waals surface area (Å²) in [5.41, 5.74) is 3.28. The van der Waals surface area contributed by atoms with Crippen molar-refractivity contribution in [2.24, 2.45) is 0 Å². The predicted molar refractivity (Wildman–Crippen MR) is 80.7 cm³/mol. The van der Waals surface area contributed by atoms with E-state index in [4.69, 9.17) is 0 Å². The monoisotopic (exact) mass is 279 g/mol. The zero-order valence-corrected chi connectivity index (χ0v) is 12.4. The van der Waals surface area contributed by atoms with Gasteiger partial charge in [-0.1, -0.05) is 31.7 Å². The lowest BCUT2D eigenvalue weighted by atomic mass is 10.2. The van der Waals surface area contributed by atoms with E-state index in [1.54, 1.807) is 11.8 Å². The molecule has 4 nitrogen and oxygen atoms in total. The van der Waals surface area contributed by atoms with E-state index in [9.17, 15) is 5.11 Å². The molecule has 0 bridgehead atoms. The van der Waals surface area contributed by atoms with Crippen molar-refractivity contribution in [2.45, 2.75) is 38.0 Å². The minimum atomic E-state index is 0.0972. The van der Waals surface area contributed by atoms with E-state index in [1.165, 1.54) is 5.56 Å². The fourth-order valence-corrected chi connectivity index (χ4v) is 2.88. The van der Waals surface area contributed by atoms with Crippen LogP contribution in [-0.2, 0) is 0 Å². The quantitative estimate of drug-likeness (QED) is 0.710. The van der Waals surface area contributed by atoms with E-state index < -0.39 is 0 Å². The van der Waals surface area contributed by atoms with E-state index in [1.807, 2.05) is 6.07 Å². The number of H-pyrrole nitrogens is 1. The fraction of sp³-hybridized carbons (Fsp3) is 0.500. The molecule has 5 heteroatoms. The van der Waals surface area contributed by atoms with Gasteiger partial charge in [0, 0.05) is 17.8 Å². The molecule has 104 valence electrons. The number of aliphatic hydroxyl groups excluding tert-OH is 1. The van der Waals surface area contributed by atoms with Crippen molar-refractivity contribution in [3.63, 3.8) is 0 Å². The summed E-state index contributed by atoms with van der Waals surface area (Å²) in [5, 5.41) is 13.6. The highest BCUT2D eigenvalue weighted by Gasteiger charge is 2.11. The molecule has 0 amide bonds. The van der Waals surface area contributed by atoms with Crippen molar-refractivity contribution in [3.8, 4) is 0 Å². The Balaban J connectivity index is 2.01. The summed E-state index contributed by atoms with van der Waals surface area (Å²) < 4.78 is 0. The first-order valence-corrected chi connectivity index (χ1v) is 7.53. The Morgan fingerprint density at radius 3 is 2.89 bits per heavy atom. The van der Waals surface area contributed by atoms with Gasteiger partial charge in [-0.15, -0.1) is 0 Å². The van der Waals surface area contributed by atoms with E-state index in [2.05, 4.69) is 48.2 Å². The maximum absolute atomic E-state index is 9.32. The SMILES string of the molecule is Cc1ccc2nc(SCC(CO)NC(C)C)[nH]c2c1. The van der Waals surface area contributed by atoms with Crippen molar-refractivity contribution in [3.05, 3.63) is 23.8 Å². The largest absolute Gasteiger partial charge is 0.395 e. The number of aryl methyl sites for hydroxylation is 1. The Bertz CT molecular complexity index is 538. The van der Waals surface area contributed by atoms with Crippen molar-refractivity contribution in [1.29, 1.82) is 0 Å². The van der Waals surface area contributed by atoms with Crippen molar-refractivity contribution < 1.29 is 5.11 Å². The lowest BCUT2D eigenvalue weighted by Crippen LogP contribution is -2.39. The third-order valence-corrected chi connectivity index (χ3v) is 3.86. The number of aliphatic hydroxyl groups is 1.